The molecular formula is C9H12N4O. The number of aromatic nitrogens is 1. The van der Waals surface area contributed by atoms with Crippen LogP contribution in [0.1, 0.15) is 0 Å². The van der Waals surface area contributed by atoms with Gasteiger partial charge in [0, 0.05) is 12.7 Å². The van der Waals surface area contributed by atoms with Crippen molar-refractivity contribution in [2.75, 3.05) is 18.1 Å². The number of hydrogen-bond acceptors (Lipinski definition) is 4. The van der Waals surface area contributed by atoms with Gasteiger partial charge in [-0.25, -0.2) is 4.98 Å². The average Bonchev–Trinajstić information content (AvgIpc) is 2.68. The summed E-state index contributed by atoms with van der Waals surface area (Å²) < 4.78 is 0. The third kappa shape index (κ3) is 1.67. The average molecular weight is 192 g/mol. The number of primary amides is 1. The fourth-order valence-corrected chi connectivity index (χ4v) is 1.48. The smallest absolute Gasteiger partial charge is 0.236 e. The molecule has 1 amide bonds. The number of nitrogens with zero attached hydrogens (tertiary/aromatic N) is 2. The van der Waals surface area contributed by atoms with Crippen LogP contribution in [-0.4, -0.2) is 30.1 Å². The van der Waals surface area contributed by atoms with E-state index in [1.165, 1.54) is 0 Å². The van der Waals surface area contributed by atoms with Gasteiger partial charge in [0.2, 0.25) is 5.91 Å². The summed E-state index contributed by atoms with van der Waals surface area (Å²) in [6.45, 7) is 1.21. The van der Waals surface area contributed by atoms with Crippen LogP contribution in [0.15, 0.2) is 24.4 Å². The Kier molecular flexibility index (Phi) is 2.32. The second-order valence-electron chi connectivity index (χ2n) is 3.23. The molecule has 1 aliphatic rings. The molecule has 1 saturated heterocycles. The quantitative estimate of drug-likeness (QED) is 0.650. The van der Waals surface area contributed by atoms with Crippen LogP contribution in [0.5, 0.6) is 0 Å². The minimum atomic E-state index is -0.316. The summed E-state index contributed by atoms with van der Waals surface area (Å²) >= 11 is 0. The number of anilines is 1. The van der Waals surface area contributed by atoms with Gasteiger partial charge in [-0.1, -0.05) is 6.07 Å². The normalized spacial score (nSPS) is 21.1. The van der Waals surface area contributed by atoms with Crippen molar-refractivity contribution >= 4 is 11.7 Å². The number of pyridine rings is 1. The predicted octanol–water partition coefficient (Wildman–Crippen LogP) is -0.697. The Morgan fingerprint density at radius 1 is 1.64 bits per heavy atom. The molecule has 3 N–H and O–H groups in total. The molecule has 1 aromatic heterocycles. The first kappa shape index (κ1) is 8.96. The summed E-state index contributed by atoms with van der Waals surface area (Å²) in [6, 6.07) is 5.42. The Bertz CT molecular complexity index is 327. The molecule has 1 unspecified atom stereocenters. The van der Waals surface area contributed by atoms with Crippen LogP contribution in [0, 0.1) is 0 Å². The van der Waals surface area contributed by atoms with Gasteiger partial charge in [0.1, 0.15) is 11.9 Å². The molecule has 0 aromatic carbocycles. The highest BCUT2D eigenvalue weighted by atomic mass is 16.1. The van der Waals surface area contributed by atoms with E-state index in [2.05, 4.69) is 10.3 Å². The monoisotopic (exact) mass is 192 g/mol. The third-order valence-corrected chi connectivity index (χ3v) is 2.25. The fraction of sp³-hybridized carbons (Fsp3) is 0.333. The fourth-order valence-electron chi connectivity index (χ4n) is 1.48. The zero-order valence-electron chi connectivity index (χ0n) is 7.68. The van der Waals surface area contributed by atoms with E-state index in [0.717, 1.165) is 5.82 Å². The van der Waals surface area contributed by atoms with Crippen LogP contribution >= 0.6 is 0 Å². The van der Waals surface area contributed by atoms with Gasteiger partial charge in [0.05, 0.1) is 6.67 Å². The molecule has 1 aliphatic heterocycles. The third-order valence-electron chi connectivity index (χ3n) is 2.25. The number of amides is 1. The Labute approximate surface area is 81.9 Å². The molecule has 2 rings (SSSR count). The minimum Gasteiger partial charge on any atom is -0.368 e. The molecule has 0 radical (unpaired) electrons. The first-order valence-electron chi connectivity index (χ1n) is 4.46. The minimum absolute atomic E-state index is 0.267. The molecule has 5 heteroatoms. The van der Waals surface area contributed by atoms with Crippen LogP contribution in [0.4, 0.5) is 5.82 Å². The van der Waals surface area contributed by atoms with Gasteiger partial charge < -0.3 is 10.6 Å². The Morgan fingerprint density at radius 3 is 3.07 bits per heavy atom. The maximum atomic E-state index is 10.9. The summed E-state index contributed by atoms with van der Waals surface area (Å²) in [6.07, 6.45) is 1.73. The topological polar surface area (TPSA) is 71.2 Å². The van der Waals surface area contributed by atoms with Crippen LogP contribution in [0.25, 0.3) is 0 Å². The number of hydrogen-bond donors (Lipinski definition) is 2. The number of nitrogens with two attached hydrogens (primary N) is 1. The van der Waals surface area contributed by atoms with E-state index in [4.69, 9.17) is 5.73 Å². The highest BCUT2D eigenvalue weighted by Crippen LogP contribution is 2.12. The van der Waals surface area contributed by atoms with E-state index in [-0.39, 0.29) is 11.9 Å². The van der Waals surface area contributed by atoms with Crippen molar-refractivity contribution < 1.29 is 4.79 Å². The largest absolute Gasteiger partial charge is 0.368 e. The van der Waals surface area contributed by atoms with Gasteiger partial charge in [0.25, 0.3) is 0 Å². The summed E-state index contributed by atoms with van der Waals surface area (Å²) in [5.74, 6) is 0.548. The van der Waals surface area contributed by atoms with Crippen molar-refractivity contribution in [3.05, 3.63) is 24.4 Å². The number of carbonyl (C=O) groups excluding carboxylic acids is 1. The summed E-state index contributed by atoms with van der Waals surface area (Å²) in [5.41, 5.74) is 5.19. The van der Waals surface area contributed by atoms with Crippen LogP contribution in [0.3, 0.4) is 0 Å². The highest BCUT2D eigenvalue weighted by molar-refractivity contribution is 5.81. The Hall–Kier alpha value is -1.62. The molecule has 2 heterocycles. The number of nitrogens with one attached hydrogen (secondary N) is 1. The molecule has 74 valence electrons. The Balaban J connectivity index is 2.06. The van der Waals surface area contributed by atoms with Crippen molar-refractivity contribution in [1.82, 2.24) is 10.3 Å². The number of rotatable bonds is 2. The maximum Gasteiger partial charge on any atom is 0.236 e. The van der Waals surface area contributed by atoms with Gasteiger partial charge in [-0.2, -0.15) is 0 Å². The van der Waals surface area contributed by atoms with Gasteiger partial charge >= 0.3 is 0 Å². The van der Waals surface area contributed by atoms with Crippen LogP contribution < -0.4 is 16.0 Å². The summed E-state index contributed by atoms with van der Waals surface area (Å²) in [4.78, 5) is 17.1. The maximum absolute atomic E-state index is 10.9. The molecule has 1 atom stereocenters. The Morgan fingerprint density at radius 2 is 2.50 bits per heavy atom. The van der Waals surface area contributed by atoms with Gasteiger partial charge in [-0.05, 0) is 12.1 Å². The second kappa shape index (κ2) is 3.63. The van der Waals surface area contributed by atoms with Crippen LogP contribution in [0.2, 0.25) is 0 Å². The molecular weight excluding hydrogens is 180 g/mol. The van der Waals surface area contributed by atoms with E-state index in [1.54, 1.807) is 6.20 Å². The molecule has 14 heavy (non-hydrogen) atoms. The van der Waals surface area contributed by atoms with Crippen molar-refractivity contribution in [2.24, 2.45) is 5.73 Å². The first-order valence-corrected chi connectivity index (χ1v) is 4.46. The molecule has 5 nitrogen and oxygen atoms in total. The van der Waals surface area contributed by atoms with E-state index >= 15 is 0 Å². The van der Waals surface area contributed by atoms with Gasteiger partial charge in [0.15, 0.2) is 0 Å². The highest BCUT2D eigenvalue weighted by Gasteiger charge is 2.26. The lowest BCUT2D eigenvalue weighted by atomic mass is 10.3. The zero-order valence-corrected chi connectivity index (χ0v) is 7.68. The van der Waals surface area contributed by atoms with Crippen molar-refractivity contribution in [1.29, 1.82) is 0 Å². The lowest BCUT2D eigenvalue weighted by molar-refractivity contribution is -0.119. The standard InChI is InChI=1S/C9H12N4O/c10-9(14)7-5-13(6-12-7)8-3-1-2-4-11-8/h1-4,7,12H,5-6H2,(H2,10,14). The van der Waals surface area contributed by atoms with Crippen molar-refractivity contribution in [3.63, 3.8) is 0 Å². The van der Waals surface area contributed by atoms with E-state index in [1.807, 2.05) is 23.1 Å². The van der Waals surface area contributed by atoms with Gasteiger partial charge in [-0.15, -0.1) is 0 Å². The molecule has 0 aliphatic carbocycles. The molecule has 0 bridgehead atoms. The van der Waals surface area contributed by atoms with E-state index in [9.17, 15) is 4.79 Å². The lowest BCUT2D eigenvalue weighted by Crippen LogP contribution is -2.38. The lowest BCUT2D eigenvalue weighted by Gasteiger charge is -2.14. The SMILES string of the molecule is NC(=O)C1CN(c2ccccn2)CN1. The van der Waals surface area contributed by atoms with Crippen LogP contribution in [-0.2, 0) is 4.79 Å². The van der Waals surface area contributed by atoms with E-state index in [0.29, 0.717) is 13.2 Å². The predicted molar refractivity (Wildman–Crippen MR) is 52.6 cm³/mol. The summed E-state index contributed by atoms with van der Waals surface area (Å²) in [5, 5.41) is 3.02. The zero-order chi connectivity index (χ0) is 9.97. The molecule has 1 fully saturated rings. The van der Waals surface area contributed by atoms with Crippen molar-refractivity contribution in [3.8, 4) is 0 Å². The summed E-state index contributed by atoms with van der Waals surface area (Å²) in [7, 11) is 0. The van der Waals surface area contributed by atoms with Gasteiger partial charge in [-0.3, -0.25) is 10.1 Å². The molecule has 0 saturated carbocycles. The van der Waals surface area contributed by atoms with E-state index < -0.39 is 0 Å². The van der Waals surface area contributed by atoms with Crippen molar-refractivity contribution in [2.45, 2.75) is 6.04 Å². The second-order valence-corrected chi connectivity index (χ2v) is 3.23. The first-order chi connectivity index (χ1) is 6.77. The number of carbonyl (C=O) groups is 1. The molecule has 0 spiro atoms. The molecule has 1 aromatic rings.